The summed E-state index contributed by atoms with van der Waals surface area (Å²) < 4.78 is 0. The number of carboxylic acids is 1. The normalized spacial score (nSPS) is 30.0. The number of benzene rings is 1. The van der Waals surface area contributed by atoms with Crippen LogP contribution in [-0.4, -0.2) is 28.4 Å². The smallest absolute Gasteiger partial charge is 0.324 e. The van der Waals surface area contributed by atoms with Crippen LogP contribution in [0.1, 0.15) is 23.4 Å². The first-order chi connectivity index (χ1) is 12.8. The minimum absolute atomic E-state index is 0.368. The van der Waals surface area contributed by atoms with Crippen LogP contribution in [-0.2, 0) is 14.4 Å². The maximum Gasteiger partial charge on any atom is 0.324 e. The fraction of sp³-hybridized carbons (Fsp3) is 0.316. The van der Waals surface area contributed by atoms with E-state index in [4.69, 9.17) is 11.6 Å². The zero-order valence-corrected chi connectivity index (χ0v) is 16.2. The second-order valence-corrected chi connectivity index (χ2v) is 8.48. The summed E-state index contributed by atoms with van der Waals surface area (Å²) in [5.74, 6) is -3.84. The maximum atomic E-state index is 13.2. The van der Waals surface area contributed by atoms with E-state index in [9.17, 15) is 19.5 Å². The van der Waals surface area contributed by atoms with Crippen molar-refractivity contribution in [1.82, 2.24) is 5.32 Å². The molecule has 140 valence electrons. The number of aryl methyl sites for hydroxylation is 1. The van der Waals surface area contributed by atoms with Gasteiger partial charge in [0.25, 0.3) is 0 Å². The molecule has 4 unspecified atom stereocenters. The minimum Gasteiger partial charge on any atom is -0.480 e. The first-order valence-corrected chi connectivity index (χ1v) is 9.70. The van der Waals surface area contributed by atoms with Gasteiger partial charge in [-0.05, 0) is 43.0 Å². The van der Waals surface area contributed by atoms with Crippen molar-refractivity contribution in [1.29, 1.82) is 0 Å². The largest absolute Gasteiger partial charge is 0.480 e. The van der Waals surface area contributed by atoms with E-state index in [0.29, 0.717) is 10.7 Å². The summed E-state index contributed by atoms with van der Waals surface area (Å²) in [6, 6.07) is 8.11. The topological polar surface area (TPSA) is 86.7 Å². The Kier molecular flexibility index (Phi) is 4.14. The summed E-state index contributed by atoms with van der Waals surface area (Å²) in [6.07, 6.45) is 0. The van der Waals surface area contributed by atoms with Crippen LogP contribution in [0.4, 0.5) is 5.69 Å². The number of amides is 2. The van der Waals surface area contributed by atoms with Gasteiger partial charge in [-0.25, -0.2) is 4.90 Å². The molecule has 2 saturated heterocycles. The van der Waals surface area contributed by atoms with E-state index in [1.54, 1.807) is 18.2 Å². The van der Waals surface area contributed by atoms with Crippen molar-refractivity contribution in [2.45, 2.75) is 25.4 Å². The third kappa shape index (κ3) is 2.53. The molecule has 2 amide bonds. The van der Waals surface area contributed by atoms with Gasteiger partial charge in [-0.3, -0.25) is 19.7 Å². The van der Waals surface area contributed by atoms with Gasteiger partial charge < -0.3 is 5.11 Å². The summed E-state index contributed by atoms with van der Waals surface area (Å²) in [5.41, 5.74) is -0.337. The van der Waals surface area contributed by atoms with Gasteiger partial charge in [0.15, 0.2) is 0 Å². The molecule has 6 nitrogen and oxygen atoms in total. The number of rotatable bonds is 3. The Balaban J connectivity index is 1.82. The van der Waals surface area contributed by atoms with Crippen molar-refractivity contribution in [3.8, 4) is 0 Å². The number of anilines is 1. The number of nitrogens with one attached hydrogen (secondary N) is 1. The molecule has 2 aromatic rings. The van der Waals surface area contributed by atoms with Gasteiger partial charge in [0.05, 0.1) is 23.6 Å². The van der Waals surface area contributed by atoms with Gasteiger partial charge >= 0.3 is 5.97 Å². The number of thiophene rings is 1. The van der Waals surface area contributed by atoms with Crippen molar-refractivity contribution < 1.29 is 19.5 Å². The molecule has 0 bridgehead atoms. The number of fused-ring (bicyclic) bond motifs is 1. The van der Waals surface area contributed by atoms with E-state index >= 15 is 0 Å². The lowest BCUT2D eigenvalue weighted by molar-refractivity contribution is -0.147. The second kappa shape index (κ2) is 6.15. The predicted molar refractivity (Wildman–Crippen MR) is 102 cm³/mol. The fourth-order valence-electron chi connectivity index (χ4n) is 4.02. The molecule has 2 N–H and O–H groups in total. The van der Waals surface area contributed by atoms with Gasteiger partial charge in [0, 0.05) is 9.90 Å². The maximum absolute atomic E-state index is 13.2. The van der Waals surface area contributed by atoms with E-state index < -0.39 is 41.2 Å². The van der Waals surface area contributed by atoms with Crippen molar-refractivity contribution in [2.24, 2.45) is 11.8 Å². The number of carbonyl (C=O) groups excluding carboxylic acids is 2. The van der Waals surface area contributed by atoms with Gasteiger partial charge in [0.2, 0.25) is 11.8 Å². The molecular formula is C19H17ClN2O4S. The number of hydrogen-bond acceptors (Lipinski definition) is 5. The first kappa shape index (κ1) is 18.2. The van der Waals surface area contributed by atoms with Crippen molar-refractivity contribution in [3.63, 3.8) is 0 Å². The average molecular weight is 405 g/mol. The second-order valence-electron chi connectivity index (χ2n) is 7.09. The van der Waals surface area contributed by atoms with Crippen molar-refractivity contribution >= 4 is 46.4 Å². The number of carboxylic acid groups (broad SMARTS) is 1. The zero-order chi connectivity index (χ0) is 19.5. The molecule has 27 heavy (non-hydrogen) atoms. The van der Waals surface area contributed by atoms with Crippen LogP contribution in [0.15, 0.2) is 35.7 Å². The van der Waals surface area contributed by atoms with E-state index in [1.807, 2.05) is 24.4 Å². The zero-order valence-electron chi connectivity index (χ0n) is 14.6. The van der Waals surface area contributed by atoms with Gasteiger partial charge in [-0.2, -0.15) is 0 Å². The third-order valence-corrected chi connectivity index (χ3v) is 6.86. The van der Waals surface area contributed by atoms with E-state index in [1.165, 1.54) is 18.3 Å². The predicted octanol–water partition coefficient (Wildman–Crippen LogP) is 3.00. The number of imide groups is 1. The Bertz CT molecular complexity index is 961. The Hall–Kier alpha value is -2.22. The molecule has 0 spiro atoms. The highest BCUT2D eigenvalue weighted by atomic mass is 35.5. The Morgan fingerprint density at radius 3 is 2.63 bits per heavy atom. The van der Waals surface area contributed by atoms with Gasteiger partial charge in [-0.15, -0.1) is 11.3 Å². The SMILES string of the molecule is Cc1ccc(N2C(=O)C3C(c4cccs4)NC(C)(C(=O)O)C3C2=O)cc1Cl. The van der Waals surface area contributed by atoms with Crippen LogP contribution in [0.25, 0.3) is 0 Å². The highest BCUT2D eigenvalue weighted by Gasteiger charge is 2.67. The standard InChI is InChI=1S/C19H17ClN2O4S/c1-9-5-6-10(8-11(9)20)22-16(23)13-14(17(22)24)19(2,18(25)26)21-15(13)12-4-3-7-27-12/h3-8,13-15,21H,1-2H3,(H,25,26). The summed E-state index contributed by atoms with van der Waals surface area (Å²) >= 11 is 7.60. The summed E-state index contributed by atoms with van der Waals surface area (Å²) in [5, 5.41) is 15.2. The average Bonchev–Trinajstić information content (AvgIpc) is 3.29. The minimum atomic E-state index is -1.53. The fourth-order valence-corrected chi connectivity index (χ4v) is 5.02. The molecule has 2 fully saturated rings. The Morgan fingerprint density at radius 2 is 2.04 bits per heavy atom. The van der Waals surface area contributed by atoms with Crippen LogP contribution in [0.3, 0.4) is 0 Å². The van der Waals surface area contributed by atoms with E-state index in [2.05, 4.69) is 5.32 Å². The van der Waals surface area contributed by atoms with Crippen LogP contribution in [0, 0.1) is 18.8 Å². The monoisotopic (exact) mass is 404 g/mol. The number of aliphatic carboxylic acids is 1. The van der Waals surface area contributed by atoms with Crippen molar-refractivity contribution in [3.05, 3.63) is 51.2 Å². The van der Waals surface area contributed by atoms with Crippen LogP contribution in [0.5, 0.6) is 0 Å². The summed E-state index contributed by atoms with van der Waals surface area (Å²) in [4.78, 5) is 40.4. The third-order valence-electron chi connectivity index (χ3n) is 5.50. The number of hydrogen-bond donors (Lipinski definition) is 2. The number of carbonyl (C=O) groups is 3. The lowest BCUT2D eigenvalue weighted by atomic mass is 9.81. The van der Waals surface area contributed by atoms with E-state index in [0.717, 1.165) is 15.3 Å². The molecule has 2 aliphatic rings. The highest BCUT2D eigenvalue weighted by molar-refractivity contribution is 7.10. The lowest BCUT2D eigenvalue weighted by Gasteiger charge is -2.27. The molecule has 0 radical (unpaired) electrons. The molecule has 4 atom stereocenters. The molecule has 1 aromatic carbocycles. The van der Waals surface area contributed by atoms with Crippen LogP contribution in [0.2, 0.25) is 5.02 Å². The Labute approximate surface area is 164 Å². The number of halogens is 1. The number of nitrogens with zero attached hydrogens (tertiary/aromatic N) is 1. The molecule has 8 heteroatoms. The quantitative estimate of drug-likeness (QED) is 0.768. The lowest BCUT2D eigenvalue weighted by Crippen LogP contribution is -2.53. The molecule has 3 heterocycles. The highest BCUT2D eigenvalue weighted by Crippen LogP contribution is 2.50. The molecule has 2 aliphatic heterocycles. The van der Waals surface area contributed by atoms with E-state index in [-0.39, 0.29) is 0 Å². The molecule has 4 rings (SSSR count). The van der Waals surface area contributed by atoms with Gasteiger partial charge in [0.1, 0.15) is 5.54 Å². The molecule has 0 aliphatic carbocycles. The molecule has 1 aromatic heterocycles. The van der Waals surface area contributed by atoms with Crippen molar-refractivity contribution in [2.75, 3.05) is 4.90 Å². The Morgan fingerprint density at radius 1 is 1.30 bits per heavy atom. The molecular weight excluding hydrogens is 388 g/mol. The van der Waals surface area contributed by atoms with Crippen LogP contribution < -0.4 is 10.2 Å². The van der Waals surface area contributed by atoms with Gasteiger partial charge in [-0.1, -0.05) is 23.7 Å². The summed E-state index contributed by atoms with van der Waals surface area (Å²) in [7, 11) is 0. The van der Waals surface area contributed by atoms with Crippen LogP contribution >= 0.6 is 22.9 Å². The summed E-state index contributed by atoms with van der Waals surface area (Å²) in [6.45, 7) is 3.30. The first-order valence-electron chi connectivity index (χ1n) is 8.44. The molecule has 0 saturated carbocycles.